The minimum atomic E-state index is -0.0271. The number of nitrogens with one attached hydrogen (secondary N) is 1. The Morgan fingerprint density at radius 1 is 1.48 bits per heavy atom. The molecule has 0 saturated carbocycles. The highest BCUT2D eigenvalue weighted by molar-refractivity contribution is 5.75. The molecular formula is C18H23N3O2. The van der Waals surface area contributed by atoms with E-state index in [1.165, 1.54) is 12.0 Å². The molecule has 1 heterocycles. The van der Waals surface area contributed by atoms with Gasteiger partial charge in [-0.1, -0.05) is 19.1 Å². The van der Waals surface area contributed by atoms with Crippen molar-refractivity contribution in [2.75, 3.05) is 7.11 Å². The number of aromatic nitrogens is 2. The fraction of sp³-hybridized carbons (Fsp3) is 0.444. The third kappa shape index (κ3) is 3.92. The van der Waals surface area contributed by atoms with Crippen LogP contribution < -0.4 is 10.1 Å². The number of hydrogen-bond donors (Lipinski definition) is 1. The first kappa shape index (κ1) is 15.6. The summed E-state index contributed by atoms with van der Waals surface area (Å²) in [5.41, 5.74) is 3.47. The van der Waals surface area contributed by atoms with Gasteiger partial charge in [0.05, 0.1) is 12.8 Å². The first-order valence-corrected chi connectivity index (χ1v) is 8.09. The number of amides is 1. The molecule has 3 rings (SSSR count). The van der Waals surface area contributed by atoms with Crippen LogP contribution in [0.4, 0.5) is 0 Å². The topological polar surface area (TPSA) is 56.1 Å². The lowest BCUT2D eigenvalue weighted by Crippen LogP contribution is -2.27. The Kier molecular flexibility index (Phi) is 4.65. The average molecular weight is 313 g/mol. The maximum atomic E-state index is 12.1. The van der Waals surface area contributed by atoms with Crippen LogP contribution in [-0.2, 0) is 30.7 Å². The Bertz CT molecular complexity index is 693. The second-order valence-electron chi connectivity index (χ2n) is 6.27. The van der Waals surface area contributed by atoms with E-state index in [-0.39, 0.29) is 12.5 Å². The summed E-state index contributed by atoms with van der Waals surface area (Å²) < 4.78 is 6.95. The van der Waals surface area contributed by atoms with Crippen molar-refractivity contribution in [2.24, 2.45) is 5.92 Å². The lowest BCUT2D eigenvalue weighted by Gasteiger charge is -2.15. The third-order valence-electron chi connectivity index (χ3n) is 4.30. The zero-order valence-corrected chi connectivity index (χ0v) is 13.7. The summed E-state index contributed by atoms with van der Waals surface area (Å²) in [4.78, 5) is 12.1. The third-order valence-corrected chi connectivity index (χ3v) is 4.30. The fourth-order valence-electron chi connectivity index (χ4n) is 3.01. The molecule has 0 radical (unpaired) electrons. The van der Waals surface area contributed by atoms with E-state index in [2.05, 4.69) is 17.3 Å². The summed E-state index contributed by atoms with van der Waals surface area (Å²) in [6, 6.07) is 7.70. The van der Waals surface area contributed by atoms with E-state index < -0.39 is 0 Å². The van der Waals surface area contributed by atoms with E-state index >= 15 is 0 Å². The molecule has 1 unspecified atom stereocenters. The second-order valence-corrected chi connectivity index (χ2v) is 6.27. The van der Waals surface area contributed by atoms with Crippen molar-refractivity contribution in [3.05, 3.63) is 47.3 Å². The van der Waals surface area contributed by atoms with Gasteiger partial charge in [-0.25, -0.2) is 0 Å². The Labute approximate surface area is 136 Å². The summed E-state index contributed by atoms with van der Waals surface area (Å²) in [6.07, 6.45) is 5.30. The Hall–Kier alpha value is -2.30. The molecule has 0 aliphatic heterocycles. The number of hydrogen-bond acceptors (Lipinski definition) is 3. The highest BCUT2D eigenvalue weighted by Crippen LogP contribution is 2.23. The van der Waals surface area contributed by atoms with Crippen molar-refractivity contribution in [3.8, 4) is 5.75 Å². The molecule has 2 aromatic rings. The van der Waals surface area contributed by atoms with Gasteiger partial charge in [0.1, 0.15) is 12.3 Å². The Morgan fingerprint density at radius 3 is 3.17 bits per heavy atom. The monoisotopic (exact) mass is 313 g/mol. The summed E-state index contributed by atoms with van der Waals surface area (Å²) in [5.74, 6) is 1.48. The van der Waals surface area contributed by atoms with Crippen molar-refractivity contribution in [1.82, 2.24) is 15.1 Å². The number of carbonyl (C=O) groups excluding carboxylic acids is 1. The molecule has 0 fully saturated rings. The molecule has 1 amide bonds. The number of fused-ring (bicyclic) bond motifs is 1. The molecule has 5 nitrogen and oxygen atoms in total. The average Bonchev–Trinajstić information content (AvgIpc) is 2.94. The van der Waals surface area contributed by atoms with E-state index in [0.29, 0.717) is 12.5 Å². The van der Waals surface area contributed by atoms with Crippen molar-refractivity contribution in [2.45, 2.75) is 39.3 Å². The standard InChI is InChI=1S/C18H23N3O2/c1-13-6-7-17-15(8-13)11-21(20-17)12-18(22)19-10-14-4-3-5-16(9-14)23-2/h3-5,9,11,13H,6-8,10,12H2,1-2H3,(H,19,22). The van der Waals surface area contributed by atoms with Gasteiger partial charge >= 0.3 is 0 Å². The van der Waals surface area contributed by atoms with Crippen LogP contribution in [0.5, 0.6) is 5.75 Å². The van der Waals surface area contributed by atoms with E-state index in [1.54, 1.807) is 11.8 Å². The number of aryl methyl sites for hydroxylation is 1. The SMILES string of the molecule is COc1cccc(CNC(=O)Cn2cc3c(n2)CCC(C)C3)c1. The maximum Gasteiger partial charge on any atom is 0.241 e. The Balaban J connectivity index is 1.55. The van der Waals surface area contributed by atoms with Crippen molar-refractivity contribution in [1.29, 1.82) is 0 Å². The summed E-state index contributed by atoms with van der Waals surface area (Å²) in [5, 5.41) is 7.48. The molecule has 0 saturated heterocycles. The van der Waals surface area contributed by atoms with Crippen LogP contribution in [0.3, 0.4) is 0 Å². The summed E-state index contributed by atoms with van der Waals surface area (Å²) in [7, 11) is 1.64. The van der Waals surface area contributed by atoms with E-state index in [9.17, 15) is 4.79 Å². The van der Waals surface area contributed by atoms with Gasteiger partial charge in [-0.05, 0) is 48.4 Å². The van der Waals surface area contributed by atoms with E-state index in [1.807, 2.05) is 30.5 Å². The normalized spacial score (nSPS) is 16.7. The molecule has 0 bridgehead atoms. The zero-order valence-electron chi connectivity index (χ0n) is 13.7. The van der Waals surface area contributed by atoms with Gasteiger partial charge in [0.25, 0.3) is 0 Å². The lowest BCUT2D eigenvalue weighted by molar-refractivity contribution is -0.122. The molecule has 5 heteroatoms. The second kappa shape index (κ2) is 6.86. The molecule has 1 aromatic carbocycles. The largest absolute Gasteiger partial charge is 0.497 e. The number of benzene rings is 1. The molecular weight excluding hydrogens is 290 g/mol. The molecule has 0 spiro atoms. The molecule has 1 aliphatic carbocycles. The lowest BCUT2D eigenvalue weighted by atomic mass is 9.89. The number of methoxy groups -OCH3 is 1. The minimum Gasteiger partial charge on any atom is -0.497 e. The van der Waals surface area contributed by atoms with Crippen molar-refractivity contribution < 1.29 is 9.53 Å². The van der Waals surface area contributed by atoms with Crippen molar-refractivity contribution >= 4 is 5.91 Å². The highest BCUT2D eigenvalue weighted by Gasteiger charge is 2.19. The van der Waals surface area contributed by atoms with Gasteiger partial charge < -0.3 is 10.1 Å². The van der Waals surface area contributed by atoms with Crippen LogP contribution in [-0.4, -0.2) is 22.8 Å². The molecule has 1 aromatic heterocycles. The van der Waals surface area contributed by atoms with Gasteiger partial charge in [0, 0.05) is 12.7 Å². The van der Waals surface area contributed by atoms with Crippen molar-refractivity contribution in [3.63, 3.8) is 0 Å². The van der Waals surface area contributed by atoms with Crippen LogP contribution in [0.15, 0.2) is 30.5 Å². The van der Waals surface area contributed by atoms with Gasteiger partial charge in [-0.2, -0.15) is 5.10 Å². The molecule has 23 heavy (non-hydrogen) atoms. The summed E-state index contributed by atoms with van der Waals surface area (Å²) >= 11 is 0. The van der Waals surface area contributed by atoms with Crippen LogP contribution in [0, 0.1) is 5.92 Å². The zero-order chi connectivity index (χ0) is 16.2. The number of rotatable bonds is 5. The fourth-order valence-corrected chi connectivity index (χ4v) is 3.01. The quantitative estimate of drug-likeness (QED) is 0.922. The predicted molar refractivity (Wildman–Crippen MR) is 88.3 cm³/mol. The number of nitrogens with zero attached hydrogens (tertiary/aromatic N) is 2. The number of ether oxygens (including phenoxy) is 1. The van der Waals surface area contributed by atoms with Gasteiger partial charge in [0.15, 0.2) is 0 Å². The van der Waals surface area contributed by atoms with Crippen LogP contribution in [0.2, 0.25) is 0 Å². The maximum absolute atomic E-state index is 12.1. The molecule has 122 valence electrons. The first-order chi connectivity index (χ1) is 11.1. The van der Waals surface area contributed by atoms with Gasteiger partial charge in [-0.15, -0.1) is 0 Å². The molecule has 1 aliphatic rings. The first-order valence-electron chi connectivity index (χ1n) is 8.09. The van der Waals surface area contributed by atoms with E-state index in [0.717, 1.165) is 29.8 Å². The van der Waals surface area contributed by atoms with Gasteiger partial charge in [0.2, 0.25) is 5.91 Å². The Morgan fingerprint density at radius 2 is 2.35 bits per heavy atom. The van der Waals surface area contributed by atoms with Crippen LogP contribution >= 0.6 is 0 Å². The predicted octanol–water partition coefficient (Wildman–Crippen LogP) is 2.33. The minimum absolute atomic E-state index is 0.0271. The number of carbonyl (C=O) groups is 1. The summed E-state index contributed by atoms with van der Waals surface area (Å²) in [6.45, 7) is 3.03. The highest BCUT2D eigenvalue weighted by atomic mass is 16.5. The molecule has 1 N–H and O–H groups in total. The van der Waals surface area contributed by atoms with Gasteiger partial charge in [-0.3, -0.25) is 9.48 Å². The smallest absolute Gasteiger partial charge is 0.241 e. The van der Waals surface area contributed by atoms with Crippen LogP contribution in [0.1, 0.15) is 30.2 Å². The van der Waals surface area contributed by atoms with Crippen LogP contribution in [0.25, 0.3) is 0 Å². The van der Waals surface area contributed by atoms with E-state index in [4.69, 9.17) is 4.74 Å². The molecule has 1 atom stereocenters.